The fourth-order valence-electron chi connectivity index (χ4n) is 1.55. The van der Waals surface area contributed by atoms with Gasteiger partial charge in [-0.3, -0.25) is 0 Å². The summed E-state index contributed by atoms with van der Waals surface area (Å²) in [5.74, 6) is 0.347. The molecular weight excluding hydrogens is 190 g/mol. The summed E-state index contributed by atoms with van der Waals surface area (Å²) in [5, 5.41) is 11.4. The van der Waals surface area contributed by atoms with Crippen molar-refractivity contribution < 1.29 is 13.5 Å². The molecule has 1 saturated heterocycles. The van der Waals surface area contributed by atoms with Gasteiger partial charge in [0.1, 0.15) is 0 Å². The van der Waals surface area contributed by atoms with E-state index in [1.165, 1.54) is 0 Å². The lowest BCUT2D eigenvalue weighted by Gasteiger charge is -2.09. The molecule has 1 fully saturated rings. The van der Waals surface area contributed by atoms with Crippen LogP contribution in [0.15, 0.2) is 0 Å². The first-order valence-electron chi connectivity index (χ1n) is 4.70. The number of hydrogen-bond donors (Lipinski definition) is 2. The van der Waals surface area contributed by atoms with Gasteiger partial charge in [0.15, 0.2) is 9.84 Å². The predicted octanol–water partition coefficient (Wildman–Crippen LogP) is -0.464. The zero-order valence-corrected chi connectivity index (χ0v) is 8.52. The van der Waals surface area contributed by atoms with Crippen LogP contribution in [0.3, 0.4) is 0 Å². The van der Waals surface area contributed by atoms with Gasteiger partial charge in [0.05, 0.1) is 11.0 Å². The first-order valence-corrected chi connectivity index (χ1v) is 6.41. The lowest BCUT2D eigenvalue weighted by molar-refractivity contribution is 0.286. The van der Waals surface area contributed by atoms with Crippen molar-refractivity contribution in [2.24, 2.45) is 0 Å². The summed E-state index contributed by atoms with van der Waals surface area (Å²) in [6, 6.07) is 0. The number of sulfone groups is 1. The Morgan fingerprint density at radius 1 is 1.46 bits per heavy atom. The molecule has 5 heteroatoms. The number of rotatable bonds is 5. The number of hydrogen-bond acceptors (Lipinski definition) is 4. The first kappa shape index (κ1) is 10.9. The Bertz CT molecular complexity index is 238. The van der Waals surface area contributed by atoms with Crippen molar-refractivity contribution in [1.82, 2.24) is 5.32 Å². The maximum Gasteiger partial charge on any atom is 0.154 e. The molecule has 1 aliphatic rings. The molecule has 13 heavy (non-hydrogen) atoms. The van der Waals surface area contributed by atoms with Gasteiger partial charge in [0, 0.05) is 13.2 Å². The zero-order valence-electron chi connectivity index (χ0n) is 7.70. The van der Waals surface area contributed by atoms with Crippen molar-refractivity contribution in [3.8, 4) is 0 Å². The van der Waals surface area contributed by atoms with Gasteiger partial charge in [0.2, 0.25) is 0 Å². The maximum absolute atomic E-state index is 11.3. The minimum Gasteiger partial charge on any atom is -0.396 e. The topological polar surface area (TPSA) is 66.4 Å². The third kappa shape index (κ3) is 3.25. The van der Waals surface area contributed by atoms with E-state index >= 15 is 0 Å². The van der Waals surface area contributed by atoms with Crippen molar-refractivity contribution in [2.75, 3.05) is 25.4 Å². The largest absolute Gasteiger partial charge is 0.396 e. The molecular formula is C8H17NO3S. The SMILES string of the molecule is O=S1(=O)CCCC1CNCCCO. The van der Waals surface area contributed by atoms with E-state index in [2.05, 4.69) is 5.32 Å². The Morgan fingerprint density at radius 3 is 2.77 bits per heavy atom. The normalized spacial score (nSPS) is 26.4. The maximum atomic E-state index is 11.3. The summed E-state index contributed by atoms with van der Waals surface area (Å²) in [6.45, 7) is 1.40. The van der Waals surface area contributed by atoms with Crippen LogP contribution in [0.2, 0.25) is 0 Å². The highest BCUT2D eigenvalue weighted by Gasteiger charge is 2.30. The highest BCUT2D eigenvalue weighted by atomic mass is 32.2. The minimum atomic E-state index is -2.80. The Kier molecular flexibility index (Phi) is 4.15. The molecule has 1 unspecified atom stereocenters. The average Bonchev–Trinajstić information content (AvgIpc) is 2.40. The molecule has 0 saturated carbocycles. The van der Waals surface area contributed by atoms with Gasteiger partial charge in [0.25, 0.3) is 0 Å². The summed E-state index contributed by atoms with van der Waals surface area (Å²) < 4.78 is 22.7. The van der Waals surface area contributed by atoms with Crippen LogP contribution >= 0.6 is 0 Å². The lowest BCUT2D eigenvalue weighted by Crippen LogP contribution is -2.31. The highest BCUT2D eigenvalue weighted by molar-refractivity contribution is 7.92. The van der Waals surface area contributed by atoms with Gasteiger partial charge in [-0.15, -0.1) is 0 Å². The van der Waals surface area contributed by atoms with Crippen LogP contribution in [-0.4, -0.2) is 44.2 Å². The second-order valence-electron chi connectivity index (χ2n) is 3.41. The predicted molar refractivity (Wildman–Crippen MR) is 51.4 cm³/mol. The van der Waals surface area contributed by atoms with E-state index in [0.29, 0.717) is 25.3 Å². The molecule has 0 radical (unpaired) electrons. The van der Waals surface area contributed by atoms with Crippen LogP contribution in [0.25, 0.3) is 0 Å². The molecule has 1 rings (SSSR count). The fourth-order valence-corrected chi connectivity index (χ4v) is 3.35. The molecule has 0 aromatic carbocycles. The molecule has 78 valence electrons. The third-order valence-corrected chi connectivity index (χ3v) is 4.62. The van der Waals surface area contributed by atoms with Gasteiger partial charge < -0.3 is 10.4 Å². The van der Waals surface area contributed by atoms with E-state index in [1.54, 1.807) is 0 Å². The summed E-state index contributed by atoms with van der Waals surface area (Å²) in [7, 11) is -2.80. The molecule has 0 aliphatic carbocycles. The number of aliphatic hydroxyl groups excluding tert-OH is 1. The van der Waals surface area contributed by atoms with Crippen LogP contribution in [0.5, 0.6) is 0 Å². The molecule has 0 aromatic rings. The number of aliphatic hydroxyl groups is 1. The van der Waals surface area contributed by atoms with Crippen molar-refractivity contribution in [3.63, 3.8) is 0 Å². The molecule has 1 aliphatic heterocycles. The van der Waals surface area contributed by atoms with E-state index in [4.69, 9.17) is 5.11 Å². The summed E-state index contributed by atoms with van der Waals surface area (Å²) in [4.78, 5) is 0. The standard InChI is InChI=1S/C8H17NO3S/c10-5-2-4-9-7-8-3-1-6-13(8,11)12/h8-10H,1-7H2. The quantitative estimate of drug-likeness (QED) is 0.598. The van der Waals surface area contributed by atoms with Gasteiger partial charge in [-0.25, -0.2) is 8.42 Å². The summed E-state index contributed by atoms with van der Waals surface area (Å²) in [6.07, 6.45) is 2.27. The van der Waals surface area contributed by atoms with Crippen LogP contribution in [0.1, 0.15) is 19.3 Å². The van der Waals surface area contributed by atoms with Crippen molar-refractivity contribution in [3.05, 3.63) is 0 Å². The Labute approximate surface area is 79.3 Å². The van der Waals surface area contributed by atoms with Crippen LogP contribution in [-0.2, 0) is 9.84 Å². The minimum absolute atomic E-state index is 0.157. The molecule has 1 atom stereocenters. The molecule has 0 bridgehead atoms. The van der Waals surface area contributed by atoms with Gasteiger partial charge in [-0.1, -0.05) is 0 Å². The van der Waals surface area contributed by atoms with E-state index in [1.807, 2.05) is 0 Å². The van der Waals surface area contributed by atoms with Crippen molar-refractivity contribution >= 4 is 9.84 Å². The molecule has 0 amide bonds. The van der Waals surface area contributed by atoms with E-state index in [9.17, 15) is 8.42 Å². The molecule has 4 nitrogen and oxygen atoms in total. The Balaban J connectivity index is 2.22. The summed E-state index contributed by atoms with van der Waals surface area (Å²) >= 11 is 0. The van der Waals surface area contributed by atoms with Crippen LogP contribution < -0.4 is 5.32 Å². The molecule has 0 spiro atoms. The smallest absolute Gasteiger partial charge is 0.154 e. The second-order valence-corrected chi connectivity index (χ2v) is 5.81. The molecule has 2 N–H and O–H groups in total. The van der Waals surface area contributed by atoms with E-state index in [0.717, 1.165) is 12.8 Å². The fraction of sp³-hybridized carbons (Fsp3) is 1.00. The van der Waals surface area contributed by atoms with Gasteiger partial charge >= 0.3 is 0 Å². The average molecular weight is 207 g/mol. The number of nitrogens with one attached hydrogen (secondary N) is 1. The van der Waals surface area contributed by atoms with Crippen molar-refractivity contribution in [1.29, 1.82) is 0 Å². The van der Waals surface area contributed by atoms with Crippen LogP contribution in [0, 0.1) is 0 Å². The highest BCUT2D eigenvalue weighted by Crippen LogP contribution is 2.18. The van der Waals surface area contributed by atoms with Crippen LogP contribution in [0.4, 0.5) is 0 Å². The molecule has 1 heterocycles. The Morgan fingerprint density at radius 2 is 2.23 bits per heavy atom. The van der Waals surface area contributed by atoms with Gasteiger partial charge in [-0.2, -0.15) is 0 Å². The second kappa shape index (κ2) is 4.93. The third-order valence-electron chi connectivity index (χ3n) is 2.35. The monoisotopic (exact) mass is 207 g/mol. The summed E-state index contributed by atoms with van der Waals surface area (Å²) in [5.41, 5.74) is 0. The van der Waals surface area contributed by atoms with E-state index in [-0.39, 0.29) is 11.9 Å². The van der Waals surface area contributed by atoms with E-state index < -0.39 is 9.84 Å². The van der Waals surface area contributed by atoms with Crippen molar-refractivity contribution in [2.45, 2.75) is 24.5 Å². The molecule has 0 aromatic heterocycles. The zero-order chi connectivity index (χ0) is 9.73. The first-order chi connectivity index (χ1) is 6.17. The Hall–Kier alpha value is -0.130. The lowest BCUT2D eigenvalue weighted by atomic mass is 10.2. The van der Waals surface area contributed by atoms with Gasteiger partial charge in [-0.05, 0) is 25.8 Å².